The fraction of sp³-hybridized carbons (Fsp3) is 0.400. The lowest BCUT2D eigenvalue weighted by molar-refractivity contribution is 0.0990. The fourth-order valence-corrected chi connectivity index (χ4v) is 2.17. The quantitative estimate of drug-likeness (QED) is 0.738. The summed E-state index contributed by atoms with van der Waals surface area (Å²) in [6.45, 7) is 4.21. The largest absolute Gasteiger partial charge is 0.294 e. The number of benzene rings is 1. The van der Waals surface area contributed by atoms with Crippen molar-refractivity contribution in [3.63, 3.8) is 0 Å². The third kappa shape index (κ3) is 2.24. The molecule has 1 nitrogen and oxygen atoms in total. The van der Waals surface area contributed by atoms with Crippen molar-refractivity contribution in [2.75, 3.05) is 0 Å². The van der Waals surface area contributed by atoms with Gasteiger partial charge in [-0.1, -0.05) is 42.7 Å². The molecule has 0 spiro atoms. The summed E-state index contributed by atoms with van der Waals surface area (Å²) >= 11 is 0. The second-order valence-corrected chi connectivity index (χ2v) is 4.60. The first-order chi connectivity index (χ1) is 7.70. The maximum atomic E-state index is 12.0. The molecule has 1 aliphatic carbocycles. The van der Waals surface area contributed by atoms with Gasteiger partial charge in [0.1, 0.15) is 0 Å². The Labute approximate surface area is 97.2 Å². The van der Waals surface area contributed by atoms with Crippen LogP contribution < -0.4 is 0 Å². The van der Waals surface area contributed by atoms with Crippen molar-refractivity contribution in [3.8, 4) is 0 Å². The Morgan fingerprint density at radius 2 is 2.12 bits per heavy atom. The van der Waals surface area contributed by atoms with Gasteiger partial charge in [-0.15, -0.1) is 0 Å². The van der Waals surface area contributed by atoms with Gasteiger partial charge < -0.3 is 0 Å². The lowest BCUT2D eigenvalue weighted by atomic mass is 9.88. The lowest BCUT2D eigenvalue weighted by Crippen LogP contribution is -2.08. The molecule has 16 heavy (non-hydrogen) atoms. The molecule has 0 unspecified atom stereocenters. The topological polar surface area (TPSA) is 17.1 Å². The van der Waals surface area contributed by atoms with Gasteiger partial charge in [-0.3, -0.25) is 4.79 Å². The van der Waals surface area contributed by atoms with Crippen LogP contribution in [0.25, 0.3) is 6.08 Å². The Hall–Kier alpha value is -1.37. The highest BCUT2D eigenvalue weighted by molar-refractivity contribution is 6.03. The van der Waals surface area contributed by atoms with Crippen molar-refractivity contribution >= 4 is 11.9 Å². The van der Waals surface area contributed by atoms with Crippen molar-refractivity contribution in [2.45, 2.75) is 39.5 Å². The van der Waals surface area contributed by atoms with Crippen LogP contribution in [0.2, 0.25) is 0 Å². The molecular formula is C15H18O. The molecule has 0 N–H and O–H groups in total. The minimum atomic E-state index is 0.285. The number of hydrogen-bond donors (Lipinski definition) is 0. The molecule has 84 valence electrons. The summed E-state index contributed by atoms with van der Waals surface area (Å²) < 4.78 is 0. The van der Waals surface area contributed by atoms with Crippen LogP contribution in [-0.4, -0.2) is 5.78 Å². The van der Waals surface area contributed by atoms with Gasteiger partial charge in [0.2, 0.25) is 0 Å². The fourth-order valence-electron chi connectivity index (χ4n) is 2.17. The highest BCUT2D eigenvalue weighted by atomic mass is 16.1. The van der Waals surface area contributed by atoms with E-state index >= 15 is 0 Å². The van der Waals surface area contributed by atoms with E-state index in [9.17, 15) is 4.79 Å². The van der Waals surface area contributed by atoms with E-state index in [0.29, 0.717) is 6.42 Å². The van der Waals surface area contributed by atoms with Gasteiger partial charge in [0.05, 0.1) is 0 Å². The molecule has 0 bridgehead atoms. The van der Waals surface area contributed by atoms with Gasteiger partial charge in [0.15, 0.2) is 5.78 Å². The molecule has 1 aliphatic rings. The number of Topliss-reactive ketones (excluding diaryl/α,β-unsaturated/α-hetero) is 1. The molecule has 0 aromatic heterocycles. The number of rotatable bonds is 3. The van der Waals surface area contributed by atoms with Gasteiger partial charge in [0, 0.05) is 12.0 Å². The SMILES string of the molecule is CCCCC1=Cc2ccc(C)cc2C(=O)C1. The number of unbranched alkanes of at least 4 members (excludes halogenated alkanes) is 1. The molecule has 0 amide bonds. The van der Waals surface area contributed by atoms with Crippen LogP contribution in [0.15, 0.2) is 23.8 Å². The highest BCUT2D eigenvalue weighted by Gasteiger charge is 2.17. The second-order valence-electron chi connectivity index (χ2n) is 4.60. The Kier molecular flexibility index (Phi) is 3.23. The van der Waals surface area contributed by atoms with Crippen LogP contribution in [0.1, 0.15) is 54.1 Å². The number of hydrogen-bond acceptors (Lipinski definition) is 1. The summed E-state index contributed by atoms with van der Waals surface area (Å²) in [4.78, 5) is 12.0. The minimum absolute atomic E-state index is 0.285. The summed E-state index contributed by atoms with van der Waals surface area (Å²) in [7, 11) is 0. The molecule has 1 aromatic carbocycles. The molecule has 0 radical (unpaired) electrons. The maximum absolute atomic E-state index is 12.0. The van der Waals surface area contributed by atoms with Crippen LogP contribution in [0, 0.1) is 6.92 Å². The maximum Gasteiger partial charge on any atom is 0.167 e. The molecule has 0 atom stereocenters. The number of fused-ring (bicyclic) bond motifs is 1. The number of allylic oxidation sites excluding steroid dienone is 1. The summed E-state index contributed by atoms with van der Waals surface area (Å²) in [5, 5.41) is 0. The van der Waals surface area contributed by atoms with E-state index in [0.717, 1.165) is 23.1 Å². The van der Waals surface area contributed by atoms with Crippen molar-refractivity contribution in [3.05, 3.63) is 40.5 Å². The van der Waals surface area contributed by atoms with Crippen LogP contribution in [0.3, 0.4) is 0 Å². The first kappa shape index (κ1) is 11.1. The van der Waals surface area contributed by atoms with Crippen LogP contribution in [-0.2, 0) is 0 Å². The van der Waals surface area contributed by atoms with Crippen molar-refractivity contribution < 1.29 is 4.79 Å². The van der Waals surface area contributed by atoms with Gasteiger partial charge in [-0.05, 0) is 31.4 Å². The summed E-state index contributed by atoms with van der Waals surface area (Å²) in [5.41, 5.74) is 4.47. The zero-order chi connectivity index (χ0) is 11.5. The van der Waals surface area contributed by atoms with E-state index in [1.54, 1.807) is 0 Å². The molecule has 0 fully saturated rings. The van der Waals surface area contributed by atoms with E-state index in [4.69, 9.17) is 0 Å². The van der Waals surface area contributed by atoms with E-state index in [2.05, 4.69) is 25.1 Å². The molecule has 0 heterocycles. The zero-order valence-corrected chi connectivity index (χ0v) is 10.0. The van der Waals surface area contributed by atoms with E-state index in [-0.39, 0.29) is 5.78 Å². The first-order valence-electron chi connectivity index (χ1n) is 6.04. The van der Waals surface area contributed by atoms with Crippen LogP contribution >= 0.6 is 0 Å². The standard InChI is InChI=1S/C15H18O/c1-3-4-5-12-9-13-7-6-11(2)8-14(13)15(16)10-12/h6-9H,3-5,10H2,1-2H3. The summed E-state index contributed by atoms with van der Waals surface area (Å²) in [6, 6.07) is 6.14. The Morgan fingerprint density at radius 1 is 1.31 bits per heavy atom. The normalized spacial score (nSPS) is 14.6. The molecule has 0 aliphatic heterocycles. The molecule has 1 heteroatoms. The van der Waals surface area contributed by atoms with Crippen molar-refractivity contribution in [2.24, 2.45) is 0 Å². The Morgan fingerprint density at radius 3 is 2.88 bits per heavy atom. The molecule has 1 aromatic rings. The van der Waals surface area contributed by atoms with Crippen molar-refractivity contribution in [1.82, 2.24) is 0 Å². The molecular weight excluding hydrogens is 196 g/mol. The summed E-state index contributed by atoms with van der Waals surface area (Å²) in [6.07, 6.45) is 6.25. The Balaban J connectivity index is 2.30. The van der Waals surface area contributed by atoms with Crippen LogP contribution in [0.5, 0.6) is 0 Å². The Bertz CT molecular complexity index is 441. The molecule has 0 saturated heterocycles. The van der Waals surface area contributed by atoms with Gasteiger partial charge in [0.25, 0.3) is 0 Å². The van der Waals surface area contributed by atoms with Crippen molar-refractivity contribution in [1.29, 1.82) is 0 Å². The highest BCUT2D eigenvalue weighted by Crippen LogP contribution is 2.27. The van der Waals surface area contributed by atoms with Crippen LogP contribution in [0.4, 0.5) is 0 Å². The average molecular weight is 214 g/mol. The van der Waals surface area contributed by atoms with Gasteiger partial charge in [-0.25, -0.2) is 0 Å². The molecule has 2 rings (SSSR count). The third-order valence-corrected chi connectivity index (χ3v) is 3.11. The van der Waals surface area contributed by atoms with E-state index in [1.165, 1.54) is 18.4 Å². The number of ketones is 1. The smallest absolute Gasteiger partial charge is 0.167 e. The van der Waals surface area contributed by atoms with E-state index < -0.39 is 0 Å². The van der Waals surface area contributed by atoms with Gasteiger partial charge >= 0.3 is 0 Å². The average Bonchev–Trinajstić information content (AvgIpc) is 2.27. The third-order valence-electron chi connectivity index (χ3n) is 3.11. The number of aryl methyl sites for hydroxylation is 1. The predicted molar refractivity (Wildman–Crippen MR) is 67.6 cm³/mol. The van der Waals surface area contributed by atoms with Gasteiger partial charge in [-0.2, -0.15) is 0 Å². The summed E-state index contributed by atoms with van der Waals surface area (Å²) in [5.74, 6) is 0.285. The predicted octanol–water partition coefficient (Wildman–Crippen LogP) is 4.16. The number of carbonyl (C=O) groups is 1. The van der Waals surface area contributed by atoms with E-state index in [1.807, 2.05) is 13.0 Å². The molecule has 0 saturated carbocycles. The lowest BCUT2D eigenvalue weighted by Gasteiger charge is -2.15. The second kappa shape index (κ2) is 4.65. The monoisotopic (exact) mass is 214 g/mol. The first-order valence-corrected chi connectivity index (χ1v) is 6.04. The zero-order valence-electron chi connectivity index (χ0n) is 10.0. The number of carbonyl (C=O) groups excluding carboxylic acids is 1. The minimum Gasteiger partial charge on any atom is -0.294 e.